The second-order valence-corrected chi connectivity index (χ2v) is 8.92. The molecule has 2 heterocycles. The summed E-state index contributed by atoms with van der Waals surface area (Å²) in [6.45, 7) is 6.43. The van der Waals surface area contributed by atoms with Crippen molar-refractivity contribution < 1.29 is 13.6 Å². The number of anilines is 2. The number of halogens is 2. The molecule has 4 rings (SSSR count). The van der Waals surface area contributed by atoms with E-state index in [4.69, 9.17) is 0 Å². The Morgan fingerprint density at radius 3 is 2.36 bits per heavy atom. The summed E-state index contributed by atoms with van der Waals surface area (Å²) in [6, 6.07) is 17.7. The van der Waals surface area contributed by atoms with Gasteiger partial charge in [-0.25, -0.2) is 8.78 Å². The zero-order valence-corrected chi connectivity index (χ0v) is 19.2. The lowest BCUT2D eigenvalue weighted by atomic mass is 9.96. The number of benzene rings is 2. The van der Waals surface area contributed by atoms with Gasteiger partial charge in [0.15, 0.2) is 0 Å². The third-order valence-corrected chi connectivity index (χ3v) is 6.22. The average molecular weight is 450 g/mol. The quantitative estimate of drug-likeness (QED) is 0.494. The Morgan fingerprint density at radius 1 is 1.00 bits per heavy atom. The fraction of sp³-hybridized carbons (Fsp3) is 0.333. The minimum Gasteiger partial charge on any atom is -0.371 e. The highest BCUT2D eigenvalue weighted by Crippen LogP contribution is 2.32. The molecule has 1 amide bonds. The van der Waals surface area contributed by atoms with E-state index >= 15 is 0 Å². The molecular weight excluding hydrogens is 420 g/mol. The van der Waals surface area contributed by atoms with Gasteiger partial charge in [0.05, 0.1) is 5.92 Å². The molecule has 0 aliphatic carbocycles. The van der Waals surface area contributed by atoms with Gasteiger partial charge in [-0.3, -0.25) is 9.78 Å². The van der Waals surface area contributed by atoms with Crippen LogP contribution in [0.3, 0.4) is 0 Å². The first kappa shape index (κ1) is 22.9. The Labute approximate surface area is 193 Å². The summed E-state index contributed by atoms with van der Waals surface area (Å²) in [5.41, 5.74) is 6.61. The minimum absolute atomic E-state index is 0.107. The highest BCUT2D eigenvalue weighted by atomic mass is 19.3. The number of aromatic nitrogens is 1. The van der Waals surface area contributed by atoms with Gasteiger partial charge in [0.2, 0.25) is 5.91 Å². The average Bonchev–Trinajstić information content (AvgIpc) is 2.78. The van der Waals surface area contributed by atoms with Gasteiger partial charge in [-0.1, -0.05) is 18.2 Å². The number of carbonyl (C=O) groups is 1. The molecule has 1 fully saturated rings. The van der Waals surface area contributed by atoms with E-state index in [0.717, 1.165) is 39.3 Å². The second kappa shape index (κ2) is 9.30. The van der Waals surface area contributed by atoms with E-state index in [-0.39, 0.29) is 24.7 Å². The molecule has 33 heavy (non-hydrogen) atoms. The molecule has 1 aromatic heterocycles. The molecule has 1 atom stereocenters. The van der Waals surface area contributed by atoms with E-state index in [1.54, 1.807) is 6.20 Å². The first-order valence-electron chi connectivity index (χ1n) is 11.3. The monoisotopic (exact) mass is 449 g/mol. The van der Waals surface area contributed by atoms with Crippen molar-refractivity contribution in [1.82, 2.24) is 4.98 Å². The molecule has 4 nitrogen and oxygen atoms in total. The Balaban J connectivity index is 1.45. The van der Waals surface area contributed by atoms with Crippen molar-refractivity contribution in [2.24, 2.45) is 0 Å². The van der Waals surface area contributed by atoms with Gasteiger partial charge >= 0.3 is 0 Å². The van der Waals surface area contributed by atoms with E-state index in [2.05, 4.69) is 10.3 Å². The number of rotatable bonds is 5. The zero-order chi connectivity index (χ0) is 23.6. The predicted octanol–water partition coefficient (Wildman–Crippen LogP) is 6.34. The summed E-state index contributed by atoms with van der Waals surface area (Å²) in [5, 5.41) is 3.00. The normalized spacial score (nSPS) is 16.3. The zero-order valence-electron chi connectivity index (χ0n) is 19.2. The molecule has 1 unspecified atom stereocenters. The molecule has 1 aliphatic rings. The van der Waals surface area contributed by atoms with Crippen molar-refractivity contribution in [2.45, 2.75) is 45.5 Å². The van der Waals surface area contributed by atoms with Crippen LogP contribution in [0.2, 0.25) is 0 Å². The number of amides is 1. The third-order valence-electron chi connectivity index (χ3n) is 6.22. The lowest BCUT2D eigenvalue weighted by Gasteiger charge is -2.34. The van der Waals surface area contributed by atoms with E-state index < -0.39 is 5.92 Å². The first-order valence-corrected chi connectivity index (χ1v) is 11.3. The standard InChI is InChI=1S/C27H29F2N3O/c1-18-14-23(17-25(15-18)32-12-9-27(28,29)10-13-32)20(3)26(33)31-24-6-4-21(5-7-24)22-8-11-30-19(2)16-22/h4-8,11,14-17,20H,9-10,12-13H2,1-3H3,(H,31,33). The highest BCUT2D eigenvalue weighted by Gasteiger charge is 2.34. The second-order valence-electron chi connectivity index (χ2n) is 8.92. The first-order chi connectivity index (χ1) is 15.7. The van der Waals surface area contributed by atoms with Gasteiger partial charge in [-0.05, 0) is 79.4 Å². The van der Waals surface area contributed by atoms with E-state index in [1.165, 1.54) is 0 Å². The number of nitrogens with zero attached hydrogens (tertiary/aromatic N) is 2. The van der Waals surface area contributed by atoms with Crippen LogP contribution in [0.4, 0.5) is 20.2 Å². The van der Waals surface area contributed by atoms with Crippen molar-refractivity contribution in [3.05, 3.63) is 77.6 Å². The molecular formula is C27H29F2N3O. The maximum atomic E-state index is 13.5. The van der Waals surface area contributed by atoms with Crippen molar-refractivity contribution in [3.8, 4) is 11.1 Å². The van der Waals surface area contributed by atoms with Crippen molar-refractivity contribution >= 4 is 17.3 Å². The molecule has 0 spiro atoms. The number of alkyl halides is 2. The Morgan fingerprint density at radius 2 is 1.70 bits per heavy atom. The van der Waals surface area contributed by atoms with E-state index in [9.17, 15) is 13.6 Å². The van der Waals surface area contributed by atoms with Crippen LogP contribution in [0.15, 0.2) is 60.8 Å². The summed E-state index contributed by atoms with van der Waals surface area (Å²) >= 11 is 0. The molecule has 1 aliphatic heterocycles. The third kappa shape index (κ3) is 5.56. The smallest absolute Gasteiger partial charge is 0.251 e. The van der Waals surface area contributed by atoms with Crippen molar-refractivity contribution in [2.75, 3.05) is 23.3 Å². The predicted molar refractivity (Wildman–Crippen MR) is 129 cm³/mol. The van der Waals surface area contributed by atoms with E-state index in [1.807, 2.05) is 80.3 Å². The number of nitrogens with one attached hydrogen (secondary N) is 1. The summed E-state index contributed by atoms with van der Waals surface area (Å²) in [6.07, 6.45) is 1.51. The topological polar surface area (TPSA) is 45.2 Å². The van der Waals surface area contributed by atoms with Gasteiger partial charge in [0, 0.05) is 49.2 Å². The molecule has 0 radical (unpaired) electrons. The van der Waals surface area contributed by atoms with E-state index in [0.29, 0.717) is 13.1 Å². The lowest BCUT2D eigenvalue weighted by Crippen LogP contribution is -2.39. The SMILES string of the molecule is Cc1cc(C(C)C(=O)Nc2ccc(-c3ccnc(C)c3)cc2)cc(N2CCC(F)(F)CC2)c1. The van der Waals surface area contributed by atoms with Crippen LogP contribution in [0.1, 0.15) is 42.5 Å². The summed E-state index contributed by atoms with van der Waals surface area (Å²) < 4.78 is 27.1. The minimum atomic E-state index is -2.58. The fourth-order valence-corrected chi connectivity index (χ4v) is 4.19. The summed E-state index contributed by atoms with van der Waals surface area (Å²) in [7, 11) is 0. The van der Waals surface area contributed by atoms with Crippen LogP contribution in [-0.2, 0) is 4.79 Å². The van der Waals surface area contributed by atoms with Gasteiger partial charge < -0.3 is 10.2 Å². The van der Waals surface area contributed by atoms with Crippen molar-refractivity contribution in [1.29, 1.82) is 0 Å². The number of hydrogen-bond donors (Lipinski definition) is 1. The van der Waals surface area contributed by atoms with Crippen LogP contribution >= 0.6 is 0 Å². The number of carbonyl (C=O) groups excluding carboxylic acids is 1. The maximum absolute atomic E-state index is 13.5. The molecule has 1 saturated heterocycles. The van der Waals surface area contributed by atoms with Gasteiger partial charge in [-0.15, -0.1) is 0 Å². The summed E-state index contributed by atoms with van der Waals surface area (Å²) in [4.78, 5) is 19.2. The molecule has 3 aromatic rings. The Hall–Kier alpha value is -3.28. The highest BCUT2D eigenvalue weighted by molar-refractivity contribution is 5.96. The van der Waals surface area contributed by atoms with Crippen LogP contribution < -0.4 is 10.2 Å². The van der Waals surface area contributed by atoms with Gasteiger partial charge in [0.25, 0.3) is 5.92 Å². The molecule has 172 valence electrons. The van der Waals surface area contributed by atoms with Crippen molar-refractivity contribution in [3.63, 3.8) is 0 Å². The lowest BCUT2D eigenvalue weighted by molar-refractivity contribution is -0.117. The maximum Gasteiger partial charge on any atom is 0.251 e. The number of hydrogen-bond acceptors (Lipinski definition) is 3. The Bertz CT molecular complexity index is 1130. The fourth-order valence-electron chi connectivity index (χ4n) is 4.19. The van der Waals surface area contributed by atoms with Crippen LogP contribution in [0.25, 0.3) is 11.1 Å². The molecule has 0 saturated carbocycles. The Kier molecular flexibility index (Phi) is 6.45. The largest absolute Gasteiger partial charge is 0.371 e. The van der Waals surface area contributed by atoms with Crippen LogP contribution in [0, 0.1) is 13.8 Å². The van der Waals surface area contributed by atoms with Crippen LogP contribution in [-0.4, -0.2) is 29.9 Å². The summed E-state index contributed by atoms with van der Waals surface area (Å²) in [5.74, 6) is -3.07. The number of aryl methyl sites for hydroxylation is 2. The number of pyridine rings is 1. The molecule has 1 N–H and O–H groups in total. The van der Waals surface area contributed by atoms with Gasteiger partial charge in [0.1, 0.15) is 0 Å². The van der Waals surface area contributed by atoms with Crippen LogP contribution in [0.5, 0.6) is 0 Å². The molecule has 2 aromatic carbocycles. The molecule has 6 heteroatoms. The number of piperidine rings is 1. The molecule has 0 bridgehead atoms. The van der Waals surface area contributed by atoms with Gasteiger partial charge in [-0.2, -0.15) is 0 Å².